The molecule has 7 nitrogen and oxygen atoms in total. The number of anilines is 1. The predicted molar refractivity (Wildman–Crippen MR) is 107 cm³/mol. The van der Waals surface area contributed by atoms with Gasteiger partial charge in [-0.25, -0.2) is 13.2 Å². The summed E-state index contributed by atoms with van der Waals surface area (Å²) < 4.78 is 37.9. The molecule has 9 heteroatoms. The number of esters is 1. The van der Waals surface area contributed by atoms with Crippen molar-refractivity contribution < 1.29 is 22.5 Å². The fraction of sp³-hybridized carbons (Fsp3) is 0.263. The van der Waals surface area contributed by atoms with E-state index in [0.29, 0.717) is 22.9 Å². The van der Waals surface area contributed by atoms with Crippen LogP contribution >= 0.6 is 11.3 Å². The van der Waals surface area contributed by atoms with Crippen LogP contribution in [0.4, 0.5) is 5.69 Å². The van der Waals surface area contributed by atoms with Crippen LogP contribution in [0.1, 0.15) is 29.9 Å². The Morgan fingerprint density at radius 1 is 1.21 bits per heavy atom. The Morgan fingerprint density at radius 3 is 2.68 bits per heavy atom. The molecule has 0 fully saturated rings. The summed E-state index contributed by atoms with van der Waals surface area (Å²) in [6.45, 7) is 5.93. The molecule has 0 radical (unpaired) electrons. The Hall–Kier alpha value is -2.65. The van der Waals surface area contributed by atoms with Gasteiger partial charge in [0.25, 0.3) is 10.0 Å². The van der Waals surface area contributed by atoms with Gasteiger partial charge in [0.2, 0.25) is 0 Å². The van der Waals surface area contributed by atoms with Crippen LogP contribution in [0.5, 0.6) is 0 Å². The van der Waals surface area contributed by atoms with E-state index in [9.17, 15) is 13.2 Å². The number of sulfonamides is 1. The highest BCUT2D eigenvalue weighted by atomic mass is 32.2. The number of carbonyl (C=O) groups is 1. The van der Waals surface area contributed by atoms with Gasteiger partial charge in [0.1, 0.15) is 4.21 Å². The van der Waals surface area contributed by atoms with Crippen LogP contribution in [0.25, 0.3) is 10.6 Å². The van der Waals surface area contributed by atoms with Gasteiger partial charge in [-0.05, 0) is 50.6 Å². The van der Waals surface area contributed by atoms with E-state index in [2.05, 4.69) is 5.16 Å². The average molecular weight is 421 g/mol. The zero-order chi connectivity index (χ0) is 20.3. The molecule has 0 saturated carbocycles. The molecule has 148 valence electrons. The Morgan fingerprint density at radius 2 is 2.00 bits per heavy atom. The van der Waals surface area contributed by atoms with E-state index in [0.717, 1.165) is 16.9 Å². The van der Waals surface area contributed by atoms with E-state index in [1.807, 2.05) is 25.1 Å². The monoisotopic (exact) mass is 420 g/mol. The number of ether oxygens (including phenoxy) is 1. The lowest BCUT2D eigenvalue weighted by Gasteiger charge is -2.22. The maximum absolute atomic E-state index is 13.1. The molecule has 1 aromatic carbocycles. The van der Waals surface area contributed by atoms with E-state index < -0.39 is 16.0 Å². The Kier molecular flexibility index (Phi) is 5.85. The van der Waals surface area contributed by atoms with Crippen molar-refractivity contribution in [1.82, 2.24) is 5.16 Å². The zero-order valence-corrected chi connectivity index (χ0v) is 17.3. The van der Waals surface area contributed by atoms with Crippen LogP contribution in [-0.4, -0.2) is 32.7 Å². The van der Waals surface area contributed by atoms with E-state index in [1.54, 1.807) is 26.0 Å². The van der Waals surface area contributed by atoms with Gasteiger partial charge in [-0.3, -0.25) is 4.31 Å². The summed E-state index contributed by atoms with van der Waals surface area (Å²) in [5, 5.41) is 3.69. The summed E-state index contributed by atoms with van der Waals surface area (Å²) in [6, 6.07) is 11.9. The molecule has 0 bridgehead atoms. The number of thiophene rings is 1. The standard InChI is InChI=1S/C19H20N2O5S2/c1-4-21(14-8-6-7-13(3)11-14)28(23,24)18-10-9-17(27-18)16-12-15(20-26-16)19(22)25-5-2/h6-12H,4-5H2,1-3H3. The van der Waals surface area contributed by atoms with Crippen molar-refractivity contribution >= 4 is 33.0 Å². The number of carbonyl (C=O) groups excluding carboxylic acids is 1. The Balaban J connectivity index is 1.91. The Bertz CT molecular complexity index is 1090. The molecule has 3 rings (SSSR count). The molecule has 0 amide bonds. The van der Waals surface area contributed by atoms with Gasteiger partial charge in [-0.15, -0.1) is 11.3 Å². The number of aromatic nitrogens is 1. The van der Waals surface area contributed by atoms with E-state index in [-0.39, 0.29) is 16.5 Å². The number of hydrogen-bond donors (Lipinski definition) is 0. The van der Waals surface area contributed by atoms with Crippen LogP contribution in [0.15, 0.2) is 51.2 Å². The SMILES string of the molecule is CCOC(=O)c1cc(-c2ccc(S(=O)(=O)N(CC)c3cccc(C)c3)s2)on1. The molecule has 28 heavy (non-hydrogen) atoms. The van der Waals surface area contributed by atoms with E-state index in [1.165, 1.54) is 16.4 Å². The van der Waals surface area contributed by atoms with E-state index in [4.69, 9.17) is 9.26 Å². The summed E-state index contributed by atoms with van der Waals surface area (Å²) in [5.41, 5.74) is 1.64. The highest BCUT2D eigenvalue weighted by Gasteiger charge is 2.26. The maximum atomic E-state index is 13.1. The summed E-state index contributed by atoms with van der Waals surface area (Å²) in [5.74, 6) is -0.272. The lowest BCUT2D eigenvalue weighted by Crippen LogP contribution is -2.30. The number of nitrogens with zero attached hydrogens (tertiary/aromatic N) is 2. The van der Waals surface area contributed by atoms with Crippen molar-refractivity contribution in [3.05, 3.63) is 53.7 Å². The molecule has 0 aliphatic heterocycles. The summed E-state index contributed by atoms with van der Waals surface area (Å²) >= 11 is 1.06. The topological polar surface area (TPSA) is 89.7 Å². The average Bonchev–Trinajstić information content (AvgIpc) is 3.32. The molecule has 2 aromatic heterocycles. The number of benzene rings is 1. The molecular weight excluding hydrogens is 400 g/mol. The van der Waals surface area contributed by atoms with Gasteiger partial charge in [-0.2, -0.15) is 0 Å². The third-order valence-corrected chi connectivity index (χ3v) is 7.41. The molecule has 3 aromatic rings. The summed E-state index contributed by atoms with van der Waals surface area (Å²) in [4.78, 5) is 12.3. The van der Waals surface area contributed by atoms with Crippen LogP contribution < -0.4 is 4.31 Å². The number of rotatable bonds is 7. The van der Waals surface area contributed by atoms with Gasteiger partial charge in [-0.1, -0.05) is 17.3 Å². The van der Waals surface area contributed by atoms with Crippen molar-refractivity contribution in [2.45, 2.75) is 25.0 Å². The van der Waals surface area contributed by atoms with Crippen molar-refractivity contribution in [1.29, 1.82) is 0 Å². The minimum Gasteiger partial charge on any atom is -0.461 e. The normalized spacial score (nSPS) is 11.4. The van der Waals surface area contributed by atoms with Crippen LogP contribution in [-0.2, 0) is 14.8 Å². The molecule has 0 aliphatic carbocycles. The van der Waals surface area contributed by atoms with Crippen molar-refractivity contribution in [2.24, 2.45) is 0 Å². The van der Waals surface area contributed by atoms with Crippen molar-refractivity contribution in [3.63, 3.8) is 0 Å². The fourth-order valence-corrected chi connectivity index (χ4v) is 5.50. The third kappa shape index (κ3) is 3.95. The quantitative estimate of drug-likeness (QED) is 0.535. The summed E-state index contributed by atoms with van der Waals surface area (Å²) in [6.07, 6.45) is 0. The molecular formula is C19H20N2O5S2. The van der Waals surface area contributed by atoms with Gasteiger partial charge in [0.05, 0.1) is 17.2 Å². The van der Waals surface area contributed by atoms with Gasteiger partial charge >= 0.3 is 5.97 Å². The second kappa shape index (κ2) is 8.15. The molecule has 0 aliphatic rings. The minimum absolute atomic E-state index is 0.0459. The van der Waals surface area contributed by atoms with Crippen LogP contribution in [0.2, 0.25) is 0 Å². The fourth-order valence-electron chi connectivity index (χ4n) is 2.67. The van der Waals surface area contributed by atoms with Crippen LogP contribution in [0, 0.1) is 6.92 Å². The molecule has 2 heterocycles. The second-order valence-electron chi connectivity index (χ2n) is 5.92. The lowest BCUT2D eigenvalue weighted by atomic mass is 10.2. The summed E-state index contributed by atoms with van der Waals surface area (Å²) in [7, 11) is -3.73. The minimum atomic E-state index is -3.73. The molecule has 0 N–H and O–H groups in total. The zero-order valence-electron chi connectivity index (χ0n) is 15.7. The molecule has 0 spiro atoms. The molecule has 0 saturated heterocycles. The second-order valence-corrected chi connectivity index (χ2v) is 9.10. The highest BCUT2D eigenvalue weighted by Crippen LogP contribution is 2.34. The lowest BCUT2D eigenvalue weighted by molar-refractivity contribution is 0.0514. The highest BCUT2D eigenvalue weighted by molar-refractivity contribution is 7.94. The first-order chi connectivity index (χ1) is 13.4. The Labute approximate surface area is 167 Å². The number of aryl methyl sites for hydroxylation is 1. The van der Waals surface area contributed by atoms with Gasteiger partial charge in [0.15, 0.2) is 11.5 Å². The molecule has 0 unspecified atom stereocenters. The first-order valence-electron chi connectivity index (χ1n) is 8.70. The smallest absolute Gasteiger partial charge is 0.360 e. The largest absolute Gasteiger partial charge is 0.461 e. The first kappa shape index (κ1) is 20.1. The van der Waals surface area contributed by atoms with Gasteiger partial charge < -0.3 is 9.26 Å². The van der Waals surface area contributed by atoms with Gasteiger partial charge in [0, 0.05) is 12.6 Å². The maximum Gasteiger partial charge on any atom is 0.360 e. The number of hydrogen-bond acceptors (Lipinski definition) is 7. The molecule has 0 atom stereocenters. The van der Waals surface area contributed by atoms with Crippen molar-refractivity contribution in [2.75, 3.05) is 17.5 Å². The van der Waals surface area contributed by atoms with Crippen molar-refractivity contribution in [3.8, 4) is 10.6 Å². The van der Waals surface area contributed by atoms with Crippen LogP contribution in [0.3, 0.4) is 0 Å². The predicted octanol–water partition coefficient (Wildman–Crippen LogP) is 4.10. The first-order valence-corrected chi connectivity index (χ1v) is 11.0. The third-order valence-electron chi connectivity index (χ3n) is 3.94. The van der Waals surface area contributed by atoms with E-state index >= 15 is 0 Å².